The standard InChI is InChI=1S/C32H33N9O3.C31H25N9O3.C30H27N7O4/c1-37-13-9-23(10-14-37)38-15-8-21-16-22(18-33-29(21)38)35-32-34-19-25-30(36-32)41-24-6-7-27-26(17-24)39(28(42)20-44-27)11-4-2-3-5-12-40(41)31(25)43;41-27-19-43-25-9-8-22-16-24(25)37(27)12-5-1-2-6-13-39-30(42)23-18-34-31(36-29(23)40(22)39)35-21-15-20-10-14-38(28(20)33-17-21)26-7-3-4-11-32-26;38-27-18-41-26-8-7-21-14-25(26)35(27)10-3-1-2-4-11-36-29(39)23-15-31-30(33-28(23)37(21)36)32-20-6-5-19-9-12-34(24(19)13-20)22-16-40-17-22/h3,5-8,15-19,23H,2,4,9-14,20H2,1H3,(H,34,35,36);2-4,6-11,14-18H,1,5,12-13,19H2,(H,34,35,36);2,4-9,12-15,22H,1,3,10-11,16-18H2,(H,31,32,33). The second kappa shape index (κ2) is 32.8. The Bertz CT molecular complexity index is 7440. The van der Waals surface area contributed by atoms with E-state index in [0.717, 1.165) is 115 Å². The first-order chi connectivity index (χ1) is 62.8. The van der Waals surface area contributed by atoms with Crippen LogP contribution in [0.15, 0.2) is 228 Å². The highest BCUT2D eigenvalue weighted by Crippen LogP contribution is 2.41. The lowest BCUT2D eigenvalue weighted by Gasteiger charge is -2.30. The van der Waals surface area contributed by atoms with Gasteiger partial charge >= 0.3 is 0 Å². The number of likely N-dealkylation sites (tertiary alicyclic amines) is 1. The minimum Gasteiger partial charge on any atom is -0.482 e. The zero-order valence-corrected chi connectivity index (χ0v) is 69.6. The number of amides is 3. The van der Waals surface area contributed by atoms with Gasteiger partial charge in [0.2, 0.25) is 17.8 Å². The van der Waals surface area contributed by atoms with Gasteiger partial charge in [0.25, 0.3) is 34.4 Å². The molecule has 0 radical (unpaired) electrons. The Hall–Kier alpha value is -15.7. The number of carbonyl (C=O) groups is 3. The highest BCUT2D eigenvalue weighted by atomic mass is 16.5. The van der Waals surface area contributed by atoms with E-state index in [1.54, 1.807) is 80.0 Å². The van der Waals surface area contributed by atoms with Crippen LogP contribution in [-0.4, -0.2) is 182 Å². The number of aromatic nitrogens is 18. The molecule has 20 heterocycles. The average molecular weight is 1710 g/mol. The summed E-state index contributed by atoms with van der Waals surface area (Å²) in [5, 5.41) is 14.2. The fourth-order valence-electron chi connectivity index (χ4n) is 18.0. The Kier molecular flexibility index (Phi) is 20.1. The van der Waals surface area contributed by atoms with Crippen LogP contribution in [-0.2, 0) is 38.8 Å². The molecule has 0 saturated carbocycles. The third-order valence-corrected chi connectivity index (χ3v) is 24.6. The Morgan fingerprint density at radius 2 is 0.844 bits per heavy atom. The number of hydrogen-bond acceptors (Lipinski definition) is 23. The molecule has 3 amide bonds. The number of fused-ring (bicyclic) bond motifs is 18. The predicted octanol–water partition coefficient (Wildman–Crippen LogP) is 12.1. The van der Waals surface area contributed by atoms with E-state index >= 15 is 0 Å². The summed E-state index contributed by atoms with van der Waals surface area (Å²) in [6.07, 6.45) is 35.2. The number of ether oxygens (including phenoxy) is 4. The second-order valence-corrected chi connectivity index (χ2v) is 32.7. The molecule has 8 aliphatic rings. The molecule has 0 spiro atoms. The highest BCUT2D eigenvalue weighted by molar-refractivity contribution is 6.00. The van der Waals surface area contributed by atoms with E-state index in [1.807, 2.05) is 126 Å². The van der Waals surface area contributed by atoms with Gasteiger partial charge in [-0.05, 0) is 186 Å². The first-order valence-corrected chi connectivity index (χ1v) is 43.0. The SMILES string of the molecule is CN1CCC(n2ccc3cc(Nc4ncc5c(=O)n6n(c5n4)-c4ccc5c(c4)N(CCCC=CC6)C(=O)CO5)cnc32)CC1.O=C1COc2ccc3cc2N1CCCC=CCn1c(=O)c2cnc(Nc4ccc5ccn(C6COC6)c5c4)nc2n1-3.O=C1COc2ccc3cc2N1CCCC=CCn1c(=O)c2cnc(Nc4cnc5c(ccn5-c5ccccn5)c4)nc2n1-3. The molecule has 16 aromatic rings. The lowest BCUT2D eigenvalue weighted by atomic mass is 10.1. The van der Waals surface area contributed by atoms with Crippen molar-refractivity contribution in [1.29, 1.82) is 0 Å². The van der Waals surface area contributed by atoms with Gasteiger partial charge in [0.05, 0.1) is 102 Å². The highest BCUT2D eigenvalue weighted by Gasteiger charge is 2.33. The van der Waals surface area contributed by atoms with Gasteiger partial charge in [-0.3, -0.25) is 33.3 Å². The van der Waals surface area contributed by atoms with Gasteiger partial charge < -0.3 is 63.6 Å². The van der Waals surface area contributed by atoms with Crippen LogP contribution in [0.4, 0.5) is 52.0 Å². The number of nitrogens with one attached hydrogen (secondary N) is 3. The molecule has 8 aliphatic heterocycles. The summed E-state index contributed by atoms with van der Waals surface area (Å²) < 4.78 is 39.3. The van der Waals surface area contributed by atoms with Crippen LogP contribution in [0.3, 0.4) is 0 Å². The fraction of sp³-hybridized carbons (Fsp3) is 0.258. The number of pyridine rings is 3. The number of rotatable bonds is 9. The van der Waals surface area contributed by atoms with Crippen LogP contribution in [0.5, 0.6) is 17.2 Å². The average Bonchev–Trinajstić information content (AvgIpc) is 1.54. The zero-order valence-electron chi connectivity index (χ0n) is 69.6. The van der Waals surface area contributed by atoms with Crippen molar-refractivity contribution >= 4 is 136 Å². The third-order valence-electron chi connectivity index (χ3n) is 24.6. The molecule has 12 aromatic heterocycles. The number of benzene rings is 4. The van der Waals surface area contributed by atoms with Gasteiger partial charge in [-0.25, -0.2) is 58.0 Å². The third kappa shape index (κ3) is 14.4. The van der Waals surface area contributed by atoms with Crippen LogP contribution in [0.25, 0.3) is 88.9 Å². The Balaban J connectivity index is 0.000000113. The van der Waals surface area contributed by atoms with Crippen molar-refractivity contribution in [3.8, 4) is 40.1 Å². The van der Waals surface area contributed by atoms with E-state index in [0.29, 0.717) is 173 Å². The summed E-state index contributed by atoms with van der Waals surface area (Å²) in [6, 6.07) is 39.7. The summed E-state index contributed by atoms with van der Waals surface area (Å²) in [4.78, 5) is 128. The number of nitrogens with zero attached hydrogens (tertiary/aromatic N) is 22. The van der Waals surface area contributed by atoms with E-state index in [1.165, 1.54) is 0 Å². The van der Waals surface area contributed by atoms with Crippen LogP contribution in [0, 0.1) is 0 Å². The number of carbonyl (C=O) groups excluding carboxylic acids is 3. The second-order valence-electron chi connectivity index (χ2n) is 32.7. The number of piperidine rings is 1. The van der Waals surface area contributed by atoms with Gasteiger partial charge in [-0.15, -0.1) is 0 Å². The lowest BCUT2D eigenvalue weighted by Crippen LogP contribution is -2.39. The van der Waals surface area contributed by atoms with E-state index in [2.05, 4.69) is 117 Å². The van der Waals surface area contributed by atoms with Crippen molar-refractivity contribution < 1.29 is 33.3 Å². The Labute approximate surface area is 728 Å². The maximum Gasteiger partial charge on any atom is 0.278 e. The van der Waals surface area contributed by atoms with Gasteiger partial charge in [-0.1, -0.05) is 48.6 Å². The molecule has 2 saturated heterocycles. The molecule has 128 heavy (non-hydrogen) atoms. The van der Waals surface area contributed by atoms with E-state index in [4.69, 9.17) is 38.9 Å². The maximum absolute atomic E-state index is 13.6. The first-order valence-electron chi connectivity index (χ1n) is 43.0. The van der Waals surface area contributed by atoms with Gasteiger partial charge in [0.1, 0.15) is 50.5 Å². The Morgan fingerprint density at radius 1 is 0.391 bits per heavy atom. The number of anilines is 9. The summed E-state index contributed by atoms with van der Waals surface area (Å²) in [5.74, 6) is 3.53. The van der Waals surface area contributed by atoms with Crippen molar-refractivity contribution in [3.05, 3.63) is 245 Å². The van der Waals surface area contributed by atoms with Crippen LogP contribution >= 0.6 is 0 Å². The molecule has 4 aromatic carbocycles. The number of hydrogen-bond donors (Lipinski definition) is 3. The summed E-state index contributed by atoms with van der Waals surface area (Å²) in [6.45, 7) is 6.55. The Morgan fingerprint density at radius 3 is 1.31 bits per heavy atom. The molecular formula is C93H85N25O10. The van der Waals surface area contributed by atoms with Gasteiger partial charge in [0, 0.05) is 85.5 Å². The fourth-order valence-corrected chi connectivity index (χ4v) is 18.0. The zero-order chi connectivity index (χ0) is 86.2. The minimum atomic E-state index is -0.205. The van der Waals surface area contributed by atoms with Gasteiger partial charge in [-0.2, -0.15) is 15.0 Å². The molecule has 0 atom stereocenters. The van der Waals surface area contributed by atoms with Crippen molar-refractivity contribution in [2.75, 3.05) is 103 Å². The smallest absolute Gasteiger partial charge is 0.278 e. The quantitative estimate of drug-likeness (QED) is 0.113. The van der Waals surface area contributed by atoms with Crippen molar-refractivity contribution in [2.45, 2.75) is 83.1 Å². The van der Waals surface area contributed by atoms with Gasteiger partial charge in [0.15, 0.2) is 36.8 Å². The molecule has 35 heteroatoms. The molecule has 6 bridgehead atoms. The molecule has 0 aliphatic carbocycles. The lowest BCUT2D eigenvalue weighted by molar-refractivity contribution is -0.122. The molecular weight excluding hydrogens is 1630 g/mol. The molecule has 3 N–H and O–H groups in total. The van der Waals surface area contributed by atoms with E-state index in [-0.39, 0.29) is 54.2 Å². The first kappa shape index (κ1) is 78.3. The molecule has 35 nitrogen and oxygen atoms in total. The monoisotopic (exact) mass is 1710 g/mol. The van der Waals surface area contributed by atoms with Crippen molar-refractivity contribution in [3.63, 3.8) is 0 Å². The summed E-state index contributed by atoms with van der Waals surface area (Å²) in [7, 11) is 2.17. The van der Waals surface area contributed by atoms with Crippen molar-refractivity contribution in [1.82, 2.24) is 91.5 Å². The number of allylic oxidation sites excluding steroid dienone is 6. The van der Waals surface area contributed by atoms with E-state index < -0.39 is 0 Å². The largest absolute Gasteiger partial charge is 0.482 e. The minimum absolute atomic E-state index is 0.0100. The topological polar surface area (TPSA) is 349 Å². The molecule has 642 valence electrons. The van der Waals surface area contributed by atoms with Crippen LogP contribution in [0.2, 0.25) is 0 Å². The van der Waals surface area contributed by atoms with Crippen molar-refractivity contribution in [2.24, 2.45) is 0 Å². The molecule has 2 fully saturated rings. The predicted molar refractivity (Wildman–Crippen MR) is 484 cm³/mol. The van der Waals surface area contributed by atoms with E-state index in [9.17, 15) is 28.8 Å². The van der Waals surface area contributed by atoms with Crippen LogP contribution in [0.1, 0.15) is 63.5 Å². The summed E-state index contributed by atoms with van der Waals surface area (Å²) in [5.41, 5.74) is 10.1. The molecule has 0 unspecified atom stereocenters. The molecule has 24 rings (SSSR count). The van der Waals surface area contributed by atoms with Crippen LogP contribution < -0.4 is 61.5 Å². The maximum atomic E-state index is 13.6. The summed E-state index contributed by atoms with van der Waals surface area (Å²) >= 11 is 0. The normalized spacial score (nSPS) is 16.5.